The first-order valence-corrected chi connectivity index (χ1v) is 17.7. The molecule has 3 rings (SSSR count). The van der Waals surface area contributed by atoms with E-state index in [1.165, 1.54) is 26.1 Å². The standard InChI is InChI=1S/C19H13F8NO2S2.C10H7ClF4O3S/c1-8-3-11(20)10(6-16(29)18(22,23)24)5-14(8)31-32-15-7-13(12(21)4-9(15)2)28-17(30)19(25,26)27;1-5-2-7(12)6(3-8(5)19(11,17)18)4-9(16)10(13,14)15/h3-5,7H,6H2,1-2H3,(H,28,30);2-3H,4H2,1H3. The van der Waals surface area contributed by atoms with Crippen LogP contribution in [0.3, 0.4) is 0 Å². The second-order valence-corrected chi connectivity index (χ2v) is 15.0. The van der Waals surface area contributed by atoms with Gasteiger partial charge in [0.15, 0.2) is 0 Å². The molecule has 0 atom stereocenters. The third kappa shape index (κ3) is 12.6. The van der Waals surface area contributed by atoms with E-state index in [4.69, 9.17) is 10.7 Å². The van der Waals surface area contributed by atoms with E-state index in [0.29, 0.717) is 23.3 Å². The van der Waals surface area contributed by atoms with Crippen molar-refractivity contribution >= 4 is 64.5 Å². The summed E-state index contributed by atoms with van der Waals surface area (Å²) >= 11 is 0. The Bertz CT molecular complexity index is 1860. The summed E-state index contributed by atoms with van der Waals surface area (Å²) in [4.78, 5) is 33.0. The third-order valence-electron chi connectivity index (χ3n) is 6.28. The van der Waals surface area contributed by atoms with Crippen molar-refractivity contribution in [2.75, 3.05) is 5.32 Å². The van der Waals surface area contributed by atoms with E-state index in [1.54, 1.807) is 0 Å². The van der Waals surface area contributed by atoms with Gasteiger partial charge in [-0.05, 0) is 85.0 Å². The second-order valence-electron chi connectivity index (χ2n) is 10.3. The van der Waals surface area contributed by atoms with Crippen LogP contribution in [-0.4, -0.2) is 44.4 Å². The molecule has 0 aliphatic rings. The molecule has 0 saturated heterocycles. The number of rotatable bonds is 9. The van der Waals surface area contributed by atoms with Crippen LogP contribution in [0.2, 0.25) is 0 Å². The van der Waals surface area contributed by atoms with Crippen LogP contribution in [0.5, 0.6) is 0 Å². The number of carbonyl (C=O) groups excluding carboxylic acids is 3. The number of benzene rings is 3. The molecule has 0 aliphatic heterocycles. The molecule has 22 heteroatoms. The SMILES string of the molecule is Cc1cc(F)c(CC(=O)C(F)(F)F)cc1S(=O)(=O)Cl.Cc1cc(F)c(CC(=O)C(F)(F)F)cc1SSc1cc(NC(=O)C(F)(F)F)c(F)cc1C. The summed E-state index contributed by atoms with van der Waals surface area (Å²) in [6.45, 7) is 4.15. The predicted octanol–water partition coefficient (Wildman–Crippen LogP) is 9.29. The topological polar surface area (TPSA) is 97.4 Å². The lowest BCUT2D eigenvalue weighted by molar-refractivity contribution is -0.170. The molecule has 0 bridgehead atoms. The van der Waals surface area contributed by atoms with Crippen LogP contribution >= 0.6 is 32.3 Å². The van der Waals surface area contributed by atoms with Gasteiger partial charge in [0.2, 0.25) is 11.6 Å². The van der Waals surface area contributed by atoms with Gasteiger partial charge in [0.1, 0.15) is 17.5 Å². The number of nitrogens with one attached hydrogen (secondary N) is 1. The van der Waals surface area contributed by atoms with Crippen LogP contribution in [0.25, 0.3) is 0 Å². The first kappa shape index (κ1) is 43.7. The zero-order chi connectivity index (χ0) is 39.4. The van der Waals surface area contributed by atoms with Crippen LogP contribution < -0.4 is 5.32 Å². The molecule has 0 heterocycles. The first-order chi connectivity index (χ1) is 23.0. The highest BCUT2D eigenvalue weighted by atomic mass is 35.7. The summed E-state index contributed by atoms with van der Waals surface area (Å²) in [5, 5.41) is 1.42. The molecule has 3 aromatic carbocycles. The van der Waals surface area contributed by atoms with E-state index in [1.807, 2.05) is 0 Å². The molecule has 1 N–H and O–H groups in total. The van der Waals surface area contributed by atoms with Gasteiger partial charge < -0.3 is 5.32 Å². The van der Waals surface area contributed by atoms with Crippen LogP contribution in [0.15, 0.2) is 51.1 Å². The Balaban J connectivity index is 0.000000404. The summed E-state index contributed by atoms with van der Waals surface area (Å²) < 4.78 is 175. The molecule has 0 fully saturated rings. The molecule has 6 nitrogen and oxygen atoms in total. The zero-order valence-corrected chi connectivity index (χ0v) is 28.8. The van der Waals surface area contributed by atoms with Crippen LogP contribution in [0.4, 0.5) is 58.4 Å². The summed E-state index contributed by atoms with van der Waals surface area (Å²) in [6, 6.07) is 5.25. The number of Topliss-reactive ketones (excluding diaryl/α,β-unsaturated/α-hetero) is 2. The number of hydrogen-bond acceptors (Lipinski definition) is 7. The van der Waals surface area contributed by atoms with E-state index in [0.717, 1.165) is 45.9 Å². The quantitative estimate of drug-likeness (QED) is 0.131. The normalized spacial score (nSPS) is 12.2. The number of ketones is 2. The summed E-state index contributed by atoms with van der Waals surface area (Å²) in [6.07, 6.45) is -17.9. The van der Waals surface area contributed by atoms with Crippen LogP contribution in [0, 0.1) is 38.2 Å². The first-order valence-electron chi connectivity index (χ1n) is 13.3. The van der Waals surface area contributed by atoms with Crippen molar-refractivity contribution in [1.29, 1.82) is 0 Å². The van der Waals surface area contributed by atoms with Crippen molar-refractivity contribution in [3.05, 3.63) is 81.7 Å². The third-order valence-corrected chi connectivity index (χ3v) is 10.4. The Kier molecular flexibility index (Phi) is 14.1. The fourth-order valence-corrected chi connectivity index (χ4v) is 7.44. The molecule has 0 saturated carbocycles. The van der Waals surface area contributed by atoms with Crippen LogP contribution in [0.1, 0.15) is 27.8 Å². The molecular formula is C29H20ClF12NO5S3. The monoisotopic (exact) mass is 821 g/mol. The number of alkyl halides is 9. The second kappa shape index (κ2) is 16.5. The predicted molar refractivity (Wildman–Crippen MR) is 162 cm³/mol. The highest BCUT2D eigenvalue weighted by molar-refractivity contribution is 8.76. The molecule has 0 unspecified atom stereocenters. The number of aryl methyl sites for hydroxylation is 3. The maximum absolute atomic E-state index is 14.0. The minimum absolute atomic E-state index is 0.0595. The average Bonchev–Trinajstić information content (AvgIpc) is 2.95. The summed E-state index contributed by atoms with van der Waals surface area (Å²) in [5.41, 5.74) is -1.29. The van der Waals surface area contributed by atoms with E-state index in [-0.39, 0.29) is 15.4 Å². The number of amides is 1. The Morgan fingerprint density at radius 2 is 1.02 bits per heavy atom. The van der Waals surface area contributed by atoms with Crippen LogP contribution in [-0.2, 0) is 36.3 Å². The lowest BCUT2D eigenvalue weighted by Gasteiger charge is -2.13. The van der Waals surface area contributed by atoms with Gasteiger partial charge in [0.25, 0.3) is 9.05 Å². The Hall–Kier alpha value is -3.43. The van der Waals surface area contributed by atoms with E-state index < -0.39 is 97.1 Å². The largest absolute Gasteiger partial charge is 0.471 e. The van der Waals surface area contributed by atoms with Crippen molar-refractivity contribution in [3.63, 3.8) is 0 Å². The summed E-state index contributed by atoms with van der Waals surface area (Å²) in [7, 11) is 2.64. The van der Waals surface area contributed by atoms with E-state index in [9.17, 15) is 75.5 Å². The molecule has 0 spiro atoms. The zero-order valence-electron chi connectivity index (χ0n) is 25.6. The fraction of sp³-hybridized carbons (Fsp3) is 0.276. The number of carbonyl (C=O) groups is 3. The van der Waals surface area contributed by atoms with Gasteiger partial charge in [0.05, 0.1) is 10.6 Å². The lowest BCUT2D eigenvalue weighted by atomic mass is 10.1. The van der Waals surface area contributed by atoms with Crippen molar-refractivity contribution < 1.29 is 75.5 Å². The van der Waals surface area contributed by atoms with E-state index in [2.05, 4.69) is 0 Å². The number of halogens is 13. The summed E-state index contributed by atoms with van der Waals surface area (Å²) in [5.74, 6) is -9.85. The number of anilines is 1. The molecule has 0 radical (unpaired) electrons. The average molecular weight is 822 g/mol. The minimum atomic E-state index is -5.23. The Morgan fingerprint density at radius 1 is 0.627 bits per heavy atom. The highest BCUT2D eigenvalue weighted by Gasteiger charge is 2.40. The Labute approximate surface area is 293 Å². The van der Waals surface area contributed by atoms with Crippen molar-refractivity contribution in [1.82, 2.24) is 0 Å². The van der Waals surface area contributed by atoms with Gasteiger partial charge in [-0.2, -0.15) is 39.5 Å². The molecule has 280 valence electrons. The molecule has 0 aromatic heterocycles. The van der Waals surface area contributed by atoms with E-state index >= 15 is 0 Å². The van der Waals surface area contributed by atoms with Gasteiger partial charge in [0, 0.05) is 33.3 Å². The van der Waals surface area contributed by atoms with Gasteiger partial charge in [-0.1, -0.05) is 21.6 Å². The molecular weight excluding hydrogens is 802 g/mol. The van der Waals surface area contributed by atoms with Crippen molar-refractivity contribution in [2.24, 2.45) is 0 Å². The van der Waals surface area contributed by atoms with Gasteiger partial charge in [-0.25, -0.2) is 21.6 Å². The molecule has 0 aliphatic carbocycles. The minimum Gasteiger partial charge on any atom is -0.316 e. The maximum Gasteiger partial charge on any atom is 0.471 e. The fourth-order valence-electron chi connectivity index (χ4n) is 3.68. The van der Waals surface area contributed by atoms with Crippen molar-refractivity contribution in [2.45, 2.75) is 66.8 Å². The molecule has 1 amide bonds. The van der Waals surface area contributed by atoms with Crippen molar-refractivity contribution in [3.8, 4) is 0 Å². The smallest absolute Gasteiger partial charge is 0.316 e. The Morgan fingerprint density at radius 3 is 1.43 bits per heavy atom. The van der Waals surface area contributed by atoms with Gasteiger partial charge >= 0.3 is 24.4 Å². The molecule has 51 heavy (non-hydrogen) atoms. The molecule has 3 aromatic rings. The number of hydrogen-bond donors (Lipinski definition) is 1. The maximum atomic E-state index is 14.0. The van der Waals surface area contributed by atoms with Gasteiger partial charge in [-0.3, -0.25) is 14.4 Å². The van der Waals surface area contributed by atoms with Gasteiger partial charge in [-0.15, -0.1) is 0 Å². The lowest BCUT2D eigenvalue weighted by Crippen LogP contribution is -2.30. The highest BCUT2D eigenvalue weighted by Crippen LogP contribution is 2.42.